The van der Waals surface area contributed by atoms with Crippen molar-refractivity contribution in [1.29, 1.82) is 0 Å². The third-order valence-corrected chi connectivity index (χ3v) is 5.03. The van der Waals surface area contributed by atoms with Crippen LogP contribution in [0.25, 0.3) is 0 Å². The Labute approximate surface area is 237 Å². The van der Waals surface area contributed by atoms with Gasteiger partial charge in [-0.2, -0.15) is 0 Å². The van der Waals surface area contributed by atoms with E-state index in [4.69, 9.17) is 9.47 Å². The van der Waals surface area contributed by atoms with Gasteiger partial charge in [0.1, 0.15) is 0 Å². The number of carbonyl (C=O) groups excluding carboxylic acids is 2. The molecule has 0 saturated heterocycles. The van der Waals surface area contributed by atoms with E-state index < -0.39 is 23.1 Å². The molecule has 0 spiro atoms. The first-order valence-electron chi connectivity index (χ1n) is 11.4. The minimum atomic E-state index is -1.58. The van der Waals surface area contributed by atoms with E-state index in [1.54, 1.807) is 0 Å². The van der Waals surface area contributed by atoms with E-state index in [9.17, 15) is 19.8 Å². The van der Waals surface area contributed by atoms with Crippen molar-refractivity contribution in [3.63, 3.8) is 0 Å². The van der Waals surface area contributed by atoms with E-state index >= 15 is 0 Å². The van der Waals surface area contributed by atoms with E-state index in [1.807, 2.05) is 0 Å². The van der Waals surface area contributed by atoms with Gasteiger partial charge in [-0.25, -0.2) is 0 Å². The molecule has 0 aromatic heterocycles. The van der Waals surface area contributed by atoms with Crippen molar-refractivity contribution in [2.75, 3.05) is 13.2 Å². The molecule has 0 fully saturated rings. The first-order chi connectivity index (χ1) is 14.5. The molecule has 0 unspecified atom stereocenters. The van der Waals surface area contributed by atoms with Crippen molar-refractivity contribution in [2.45, 2.75) is 90.9 Å². The summed E-state index contributed by atoms with van der Waals surface area (Å²) in [5.41, 5.74) is -0.917. The number of benzene rings is 1. The van der Waals surface area contributed by atoms with Gasteiger partial charge in [-0.05, 0) is 25.0 Å². The molecule has 0 saturated carbocycles. The Morgan fingerprint density at radius 2 is 0.938 bits per heavy atom. The smallest absolute Gasteiger partial charge is 0.545 e. The number of carboxylic acids is 2. The van der Waals surface area contributed by atoms with E-state index in [-0.39, 0.29) is 70.6 Å². The molecule has 6 nitrogen and oxygen atoms in total. The van der Waals surface area contributed by atoms with Gasteiger partial charge in [0.05, 0.1) is 25.2 Å². The van der Waals surface area contributed by atoms with Crippen molar-refractivity contribution in [3.05, 3.63) is 23.3 Å². The third-order valence-electron chi connectivity index (χ3n) is 5.03. The summed E-state index contributed by atoms with van der Waals surface area (Å²) >= 11 is 0. The fourth-order valence-electron chi connectivity index (χ4n) is 3.25. The summed E-state index contributed by atoms with van der Waals surface area (Å²) in [6.07, 6.45) is 13.2. The quantitative estimate of drug-likeness (QED) is 0.182. The molecule has 0 amide bonds. The standard InChI is InChI=1S/C24H38O6.2Na/c1-3-5-7-9-11-13-15-29-21-17-19(23(25)26)20(24(27)28)18-22(21)30-16-14-12-10-8-6-4-2;;/h17-18H,3-16H2,1-2H3,(H,25,26)(H,27,28);;/q;2*+1/p-2. The second-order valence-electron chi connectivity index (χ2n) is 7.65. The summed E-state index contributed by atoms with van der Waals surface area (Å²) < 4.78 is 11.5. The summed E-state index contributed by atoms with van der Waals surface area (Å²) in [5.74, 6) is -2.69. The van der Waals surface area contributed by atoms with Crippen LogP contribution in [0.1, 0.15) is 112 Å². The molecule has 0 bridgehead atoms. The first-order valence-corrected chi connectivity index (χ1v) is 11.4. The summed E-state index contributed by atoms with van der Waals surface area (Å²) in [4.78, 5) is 22.7. The van der Waals surface area contributed by atoms with Gasteiger partial charge < -0.3 is 29.3 Å². The van der Waals surface area contributed by atoms with Crippen LogP contribution in [0.4, 0.5) is 0 Å². The number of aromatic carboxylic acids is 2. The molecule has 0 heterocycles. The third kappa shape index (κ3) is 14.1. The predicted octanol–water partition coefficient (Wildman–Crippen LogP) is -2.10. The Hall–Kier alpha value is -0.240. The molecule has 170 valence electrons. The minimum Gasteiger partial charge on any atom is -0.545 e. The van der Waals surface area contributed by atoms with Gasteiger partial charge in [-0.15, -0.1) is 0 Å². The minimum absolute atomic E-state index is 0. The number of hydrogen-bond acceptors (Lipinski definition) is 6. The normalized spacial score (nSPS) is 10.1. The zero-order chi connectivity index (χ0) is 22.2. The van der Waals surface area contributed by atoms with Gasteiger partial charge in [-0.3, -0.25) is 0 Å². The molecule has 0 N–H and O–H groups in total. The molecular weight excluding hydrogens is 430 g/mol. The van der Waals surface area contributed by atoms with Gasteiger partial charge in [0.25, 0.3) is 0 Å². The van der Waals surface area contributed by atoms with Crippen LogP contribution in [-0.2, 0) is 0 Å². The van der Waals surface area contributed by atoms with Gasteiger partial charge in [0.2, 0.25) is 0 Å². The number of carbonyl (C=O) groups is 2. The van der Waals surface area contributed by atoms with Crippen LogP contribution in [0.5, 0.6) is 11.5 Å². The SMILES string of the molecule is CCCCCCCCOc1cc(C(=O)[O-])c(C(=O)[O-])cc1OCCCCCCCC.[Na+].[Na+]. The Bertz CT molecular complexity index is 597. The Balaban J connectivity index is 0. The molecule has 0 aliphatic heterocycles. The molecule has 1 rings (SSSR count). The topological polar surface area (TPSA) is 98.7 Å². The van der Waals surface area contributed by atoms with Crippen molar-refractivity contribution >= 4 is 11.9 Å². The Morgan fingerprint density at radius 1 is 0.625 bits per heavy atom. The fourth-order valence-corrected chi connectivity index (χ4v) is 3.25. The molecular formula is C24H36Na2O6. The van der Waals surface area contributed by atoms with E-state index in [1.165, 1.54) is 50.7 Å². The monoisotopic (exact) mass is 466 g/mol. The van der Waals surface area contributed by atoms with Crippen molar-refractivity contribution in [2.24, 2.45) is 0 Å². The second-order valence-corrected chi connectivity index (χ2v) is 7.65. The Kier molecular flexibility index (Phi) is 22.6. The molecule has 0 radical (unpaired) electrons. The maximum absolute atomic E-state index is 11.4. The van der Waals surface area contributed by atoms with Crippen LogP contribution < -0.4 is 78.8 Å². The van der Waals surface area contributed by atoms with Gasteiger partial charge in [-0.1, -0.05) is 78.1 Å². The average molecular weight is 467 g/mol. The van der Waals surface area contributed by atoms with Crippen LogP contribution in [0.2, 0.25) is 0 Å². The van der Waals surface area contributed by atoms with E-state index in [2.05, 4.69) is 13.8 Å². The van der Waals surface area contributed by atoms with Gasteiger partial charge in [0, 0.05) is 11.1 Å². The summed E-state index contributed by atoms with van der Waals surface area (Å²) in [7, 11) is 0. The maximum atomic E-state index is 11.4. The molecule has 0 aliphatic rings. The maximum Gasteiger partial charge on any atom is 1.00 e. The molecule has 1 aromatic rings. The van der Waals surface area contributed by atoms with E-state index in [0.717, 1.165) is 38.5 Å². The number of ether oxygens (including phenoxy) is 2. The molecule has 0 aliphatic carbocycles. The van der Waals surface area contributed by atoms with Crippen molar-refractivity contribution in [3.8, 4) is 11.5 Å². The van der Waals surface area contributed by atoms with Crippen LogP contribution in [0, 0.1) is 0 Å². The van der Waals surface area contributed by atoms with Crippen LogP contribution in [0.3, 0.4) is 0 Å². The number of carboxylic acid groups (broad SMARTS) is 2. The summed E-state index contributed by atoms with van der Waals surface area (Å²) in [6.45, 7) is 5.16. The van der Waals surface area contributed by atoms with Crippen LogP contribution in [-0.4, -0.2) is 25.2 Å². The number of unbranched alkanes of at least 4 members (excludes halogenated alkanes) is 10. The van der Waals surface area contributed by atoms with Crippen molar-refractivity contribution in [1.82, 2.24) is 0 Å². The number of rotatable bonds is 18. The summed E-state index contributed by atoms with van der Waals surface area (Å²) in [5, 5.41) is 22.7. The fraction of sp³-hybridized carbons (Fsp3) is 0.667. The van der Waals surface area contributed by atoms with Crippen LogP contribution >= 0.6 is 0 Å². The molecule has 8 heteroatoms. The predicted molar refractivity (Wildman–Crippen MR) is 113 cm³/mol. The summed E-state index contributed by atoms with van der Waals surface area (Å²) in [6, 6.07) is 2.35. The van der Waals surface area contributed by atoms with Crippen LogP contribution in [0.15, 0.2) is 12.1 Å². The Morgan fingerprint density at radius 3 is 1.25 bits per heavy atom. The largest absolute Gasteiger partial charge is 1.00 e. The zero-order valence-electron chi connectivity index (χ0n) is 20.5. The molecule has 32 heavy (non-hydrogen) atoms. The average Bonchev–Trinajstić information content (AvgIpc) is 2.72. The van der Waals surface area contributed by atoms with Gasteiger partial charge in [0.15, 0.2) is 11.5 Å². The van der Waals surface area contributed by atoms with E-state index in [0.29, 0.717) is 13.2 Å². The number of hydrogen-bond donors (Lipinski definition) is 0. The first kappa shape index (κ1) is 33.9. The van der Waals surface area contributed by atoms with Crippen molar-refractivity contribution < 1.29 is 88.4 Å². The second kappa shape index (κ2) is 21.3. The van der Waals surface area contributed by atoms with Gasteiger partial charge >= 0.3 is 59.1 Å². The zero-order valence-corrected chi connectivity index (χ0v) is 24.5. The molecule has 1 aromatic carbocycles. The molecule has 0 atom stereocenters.